The summed E-state index contributed by atoms with van der Waals surface area (Å²) >= 11 is 0. The molecule has 0 N–H and O–H groups in total. The second-order valence-corrected chi connectivity index (χ2v) is 3.97. The van der Waals surface area contributed by atoms with E-state index in [1.807, 2.05) is 13.8 Å². The maximum absolute atomic E-state index is 13.5. The molecule has 4 heteroatoms. The molecule has 0 aliphatic carbocycles. The van der Waals surface area contributed by atoms with Gasteiger partial charge in [-0.3, -0.25) is 4.98 Å². The van der Waals surface area contributed by atoms with Crippen LogP contribution in [0.2, 0.25) is 0 Å². The number of nitrogens with zero attached hydrogens (tertiary/aromatic N) is 1. The summed E-state index contributed by atoms with van der Waals surface area (Å²) in [5, 5.41) is 0. The van der Waals surface area contributed by atoms with Gasteiger partial charge in [0.05, 0.1) is 19.4 Å². The molecule has 1 saturated heterocycles. The van der Waals surface area contributed by atoms with Crippen molar-refractivity contribution >= 4 is 0 Å². The smallest absolute Gasteiger partial charge is 0.183 e. The Morgan fingerprint density at radius 2 is 2.20 bits per heavy atom. The number of rotatable bonds is 3. The van der Waals surface area contributed by atoms with Gasteiger partial charge in [0.2, 0.25) is 0 Å². The second-order valence-electron chi connectivity index (χ2n) is 3.97. The third kappa shape index (κ3) is 2.09. The predicted molar refractivity (Wildman–Crippen MR) is 53.5 cm³/mol. The molecule has 2 heterocycles. The normalized spacial score (nSPS) is 16.5. The number of hydrogen-bond donors (Lipinski definition) is 0. The van der Waals surface area contributed by atoms with Crippen LogP contribution in [0.5, 0.6) is 5.75 Å². The Labute approximate surface area is 88.2 Å². The van der Waals surface area contributed by atoms with Gasteiger partial charge in [0.1, 0.15) is 6.10 Å². The maximum atomic E-state index is 13.5. The molecule has 1 aliphatic heterocycles. The van der Waals surface area contributed by atoms with Crippen molar-refractivity contribution in [2.75, 3.05) is 13.2 Å². The number of pyridine rings is 1. The van der Waals surface area contributed by atoms with E-state index in [4.69, 9.17) is 9.47 Å². The Bertz CT molecular complexity index is 350. The zero-order chi connectivity index (χ0) is 10.8. The first-order valence-corrected chi connectivity index (χ1v) is 5.06. The zero-order valence-electron chi connectivity index (χ0n) is 8.87. The van der Waals surface area contributed by atoms with Crippen molar-refractivity contribution in [1.82, 2.24) is 4.98 Å². The van der Waals surface area contributed by atoms with E-state index in [0.29, 0.717) is 19.0 Å². The van der Waals surface area contributed by atoms with Gasteiger partial charge >= 0.3 is 0 Å². The highest BCUT2D eigenvalue weighted by atomic mass is 19.1. The van der Waals surface area contributed by atoms with E-state index in [1.54, 1.807) is 6.20 Å². The number of ether oxygens (including phenoxy) is 2. The fourth-order valence-electron chi connectivity index (χ4n) is 1.42. The molecule has 0 spiro atoms. The quantitative estimate of drug-likeness (QED) is 0.767. The zero-order valence-corrected chi connectivity index (χ0v) is 8.87. The van der Waals surface area contributed by atoms with Crippen molar-refractivity contribution in [1.29, 1.82) is 0 Å². The lowest BCUT2D eigenvalue weighted by Gasteiger charge is -2.28. The maximum Gasteiger partial charge on any atom is 0.183 e. The molecule has 0 aromatic carbocycles. The summed E-state index contributed by atoms with van der Waals surface area (Å²) in [6.07, 6.45) is 2.82. The second kappa shape index (κ2) is 4.14. The molecule has 2 rings (SSSR count). The molecule has 15 heavy (non-hydrogen) atoms. The average Bonchev–Trinajstić information content (AvgIpc) is 2.12. The van der Waals surface area contributed by atoms with Crippen LogP contribution < -0.4 is 4.74 Å². The molecule has 1 aliphatic rings. The Balaban J connectivity index is 2.25. The first kappa shape index (κ1) is 10.4. The van der Waals surface area contributed by atoms with Crippen molar-refractivity contribution in [2.24, 2.45) is 0 Å². The van der Waals surface area contributed by atoms with Gasteiger partial charge in [-0.05, 0) is 5.92 Å². The Kier molecular flexibility index (Phi) is 2.86. The largest absolute Gasteiger partial charge is 0.482 e. The van der Waals surface area contributed by atoms with Gasteiger partial charge in [0.25, 0.3) is 0 Å². The molecule has 0 unspecified atom stereocenters. The van der Waals surface area contributed by atoms with Crippen molar-refractivity contribution in [3.05, 3.63) is 23.8 Å². The Hall–Kier alpha value is -1.16. The minimum absolute atomic E-state index is 0.0144. The molecular formula is C11H14FNO2. The van der Waals surface area contributed by atoms with Crippen molar-refractivity contribution < 1.29 is 13.9 Å². The van der Waals surface area contributed by atoms with Crippen molar-refractivity contribution in [3.63, 3.8) is 0 Å². The monoisotopic (exact) mass is 211 g/mol. The lowest BCUT2D eigenvalue weighted by molar-refractivity contribution is -0.0813. The van der Waals surface area contributed by atoms with Gasteiger partial charge in [-0.2, -0.15) is 0 Å². The van der Waals surface area contributed by atoms with Crippen LogP contribution in [-0.4, -0.2) is 24.3 Å². The van der Waals surface area contributed by atoms with E-state index in [2.05, 4.69) is 4.98 Å². The van der Waals surface area contributed by atoms with E-state index in [-0.39, 0.29) is 12.0 Å². The lowest BCUT2D eigenvalue weighted by atomic mass is 10.0. The van der Waals surface area contributed by atoms with E-state index in [0.717, 1.165) is 5.56 Å². The molecule has 0 atom stereocenters. The van der Waals surface area contributed by atoms with Gasteiger partial charge in [0.15, 0.2) is 11.6 Å². The highest BCUT2D eigenvalue weighted by Crippen LogP contribution is 2.29. The van der Waals surface area contributed by atoms with Crippen LogP contribution in [0.15, 0.2) is 12.4 Å². The molecule has 82 valence electrons. The summed E-state index contributed by atoms with van der Waals surface area (Å²) in [5.74, 6) is 0.130. The van der Waals surface area contributed by atoms with Gasteiger partial charge in [-0.1, -0.05) is 13.8 Å². The van der Waals surface area contributed by atoms with E-state index < -0.39 is 5.82 Å². The van der Waals surface area contributed by atoms with Crippen LogP contribution in [0.3, 0.4) is 0 Å². The van der Waals surface area contributed by atoms with Crippen LogP contribution in [0.25, 0.3) is 0 Å². The van der Waals surface area contributed by atoms with Crippen LogP contribution in [0, 0.1) is 5.82 Å². The van der Waals surface area contributed by atoms with Crippen LogP contribution in [0.1, 0.15) is 25.3 Å². The molecule has 1 aromatic heterocycles. The summed E-state index contributed by atoms with van der Waals surface area (Å²) in [6.45, 7) is 5.06. The third-order valence-electron chi connectivity index (χ3n) is 2.39. The van der Waals surface area contributed by atoms with Crippen LogP contribution in [-0.2, 0) is 4.74 Å². The minimum atomic E-state index is -0.395. The number of aromatic nitrogens is 1. The first-order chi connectivity index (χ1) is 7.18. The van der Waals surface area contributed by atoms with Crippen LogP contribution >= 0.6 is 0 Å². The average molecular weight is 211 g/mol. The Morgan fingerprint density at radius 3 is 2.73 bits per heavy atom. The minimum Gasteiger partial charge on any atom is -0.482 e. The highest BCUT2D eigenvalue weighted by molar-refractivity contribution is 5.34. The van der Waals surface area contributed by atoms with Crippen LogP contribution in [0.4, 0.5) is 4.39 Å². The molecule has 1 fully saturated rings. The molecule has 1 aromatic rings. The summed E-state index contributed by atoms with van der Waals surface area (Å²) in [6, 6.07) is 0. The van der Waals surface area contributed by atoms with Crippen molar-refractivity contribution in [2.45, 2.75) is 25.9 Å². The van der Waals surface area contributed by atoms with Gasteiger partial charge < -0.3 is 9.47 Å². The van der Waals surface area contributed by atoms with Gasteiger partial charge in [-0.25, -0.2) is 4.39 Å². The molecule has 0 bridgehead atoms. The SMILES string of the molecule is CC(C)c1cncc(F)c1OC1COC1. The lowest BCUT2D eigenvalue weighted by Crippen LogP contribution is -2.39. The molecular weight excluding hydrogens is 197 g/mol. The molecule has 0 saturated carbocycles. The fourth-order valence-corrected chi connectivity index (χ4v) is 1.42. The van der Waals surface area contributed by atoms with Gasteiger partial charge in [-0.15, -0.1) is 0 Å². The van der Waals surface area contributed by atoms with E-state index in [9.17, 15) is 4.39 Å². The number of hydrogen-bond acceptors (Lipinski definition) is 3. The van der Waals surface area contributed by atoms with Crippen molar-refractivity contribution in [3.8, 4) is 5.75 Å². The summed E-state index contributed by atoms with van der Waals surface area (Å²) in [7, 11) is 0. The topological polar surface area (TPSA) is 31.4 Å². The first-order valence-electron chi connectivity index (χ1n) is 5.06. The number of halogens is 1. The Morgan fingerprint density at radius 1 is 1.47 bits per heavy atom. The molecule has 3 nitrogen and oxygen atoms in total. The summed E-state index contributed by atoms with van der Waals surface area (Å²) in [5.41, 5.74) is 0.807. The standard InChI is InChI=1S/C11H14FNO2/c1-7(2)9-3-13-4-10(12)11(9)15-8-5-14-6-8/h3-4,7-8H,5-6H2,1-2H3. The predicted octanol–water partition coefficient (Wildman–Crippen LogP) is 2.12. The summed E-state index contributed by atoms with van der Waals surface area (Å²) < 4.78 is 24.0. The molecule has 0 radical (unpaired) electrons. The summed E-state index contributed by atoms with van der Waals surface area (Å²) in [4.78, 5) is 3.83. The highest BCUT2D eigenvalue weighted by Gasteiger charge is 2.24. The fraction of sp³-hybridized carbons (Fsp3) is 0.545. The third-order valence-corrected chi connectivity index (χ3v) is 2.39. The van der Waals surface area contributed by atoms with E-state index in [1.165, 1.54) is 6.20 Å². The molecule has 0 amide bonds. The van der Waals surface area contributed by atoms with E-state index >= 15 is 0 Å². The van der Waals surface area contributed by atoms with Gasteiger partial charge in [0, 0.05) is 11.8 Å².